The topological polar surface area (TPSA) is 87.7 Å². The minimum atomic E-state index is -1.22. The van der Waals surface area contributed by atoms with E-state index in [2.05, 4.69) is 15.4 Å². The van der Waals surface area contributed by atoms with Gasteiger partial charge in [0.25, 0.3) is 0 Å². The number of carbonyl (C=O) groups excluding carboxylic acids is 1. The van der Waals surface area contributed by atoms with Gasteiger partial charge in [-0.1, -0.05) is 0 Å². The van der Waals surface area contributed by atoms with E-state index in [1.165, 1.54) is 7.11 Å². The number of amides is 2. The van der Waals surface area contributed by atoms with E-state index >= 15 is 0 Å². The number of urea groups is 1. The monoisotopic (exact) mass is 288 g/mol. The number of carboxylic acids is 1. The summed E-state index contributed by atoms with van der Waals surface area (Å²) in [5.74, 6) is -2.48. The predicted octanol–water partition coefficient (Wildman–Crippen LogP) is 0.864. The summed E-state index contributed by atoms with van der Waals surface area (Å²) in [7, 11) is 1.19. The van der Waals surface area contributed by atoms with Gasteiger partial charge >= 0.3 is 12.0 Å². The Kier molecular flexibility index (Phi) is 5.85. The van der Waals surface area contributed by atoms with Crippen LogP contribution in [0.2, 0.25) is 0 Å². The van der Waals surface area contributed by atoms with Gasteiger partial charge in [-0.25, -0.2) is 18.4 Å². The van der Waals surface area contributed by atoms with Crippen LogP contribution in [0.25, 0.3) is 0 Å². The van der Waals surface area contributed by atoms with E-state index in [1.54, 1.807) is 0 Å². The first kappa shape index (κ1) is 15.8. The van der Waals surface area contributed by atoms with Crippen LogP contribution in [-0.4, -0.2) is 36.9 Å². The van der Waals surface area contributed by atoms with Gasteiger partial charge in [-0.05, 0) is 18.2 Å². The van der Waals surface area contributed by atoms with Crippen molar-refractivity contribution in [3.05, 3.63) is 35.4 Å². The molecular weight excluding hydrogens is 274 g/mol. The maximum Gasteiger partial charge on any atom is 0.334 e. The van der Waals surface area contributed by atoms with Crippen molar-refractivity contribution in [3.8, 4) is 0 Å². The van der Waals surface area contributed by atoms with Crippen LogP contribution >= 0.6 is 0 Å². The zero-order valence-electron chi connectivity index (χ0n) is 10.7. The molecule has 0 saturated heterocycles. The molecule has 8 heteroatoms. The molecule has 0 aliphatic rings. The molecule has 110 valence electrons. The molecule has 0 spiro atoms. The van der Waals surface area contributed by atoms with Crippen LogP contribution < -0.4 is 10.6 Å². The van der Waals surface area contributed by atoms with E-state index in [4.69, 9.17) is 5.11 Å². The number of methoxy groups -OCH3 is 1. The Morgan fingerprint density at radius 1 is 1.35 bits per heavy atom. The van der Waals surface area contributed by atoms with Gasteiger partial charge in [0.05, 0.1) is 6.54 Å². The standard InChI is InChI=1S/C12H14F2N2O4/c1-20-10(11(17)18)6-16-12(19)15-5-7-4-8(13)2-3-9(7)14/h2-4,10H,5-6H2,1H3,(H,17,18)(H2,15,16,19). The molecule has 20 heavy (non-hydrogen) atoms. The van der Waals surface area contributed by atoms with Crippen molar-refractivity contribution in [2.45, 2.75) is 12.6 Å². The van der Waals surface area contributed by atoms with Crippen molar-refractivity contribution >= 4 is 12.0 Å². The van der Waals surface area contributed by atoms with Gasteiger partial charge in [0, 0.05) is 19.2 Å². The molecule has 1 unspecified atom stereocenters. The number of halogens is 2. The third kappa shape index (κ3) is 4.81. The number of carbonyl (C=O) groups is 2. The van der Waals surface area contributed by atoms with Crippen molar-refractivity contribution < 1.29 is 28.2 Å². The van der Waals surface area contributed by atoms with Crippen LogP contribution in [0.1, 0.15) is 5.56 Å². The fourth-order valence-corrected chi connectivity index (χ4v) is 1.37. The molecule has 0 aliphatic heterocycles. The number of ether oxygens (including phenoxy) is 1. The number of benzene rings is 1. The smallest absolute Gasteiger partial charge is 0.334 e. The van der Waals surface area contributed by atoms with Crippen LogP contribution in [0.3, 0.4) is 0 Å². The van der Waals surface area contributed by atoms with Gasteiger partial charge in [0.15, 0.2) is 6.10 Å². The SMILES string of the molecule is COC(CNC(=O)NCc1cc(F)ccc1F)C(=O)O. The fourth-order valence-electron chi connectivity index (χ4n) is 1.37. The number of aliphatic carboxylic acids is 1. The second-order valence-electron chi connectivity index (χ2n) is 3.86. The van der Waals surface area contributed by atoms with E-state index in [-0.39, 0.29) is 18.7 Å². The highest BCUT2D eigenvalue weighted by molar-refractivity contribution is 5.76. The van der Waals surface area contributed by atoms with Crippen LogP contribution in [0.4, 0.5) is 13.6 Å². The zero-order chi connectivity index (χ0) is 15.1. The van der Waals surface area contributed by atoms with Crippen molar-refractivity contribution in [1.29, 1.82) is 0 Å². The summed E-state index contributed by atoms with van der Waals surface area (Å²) in [6.07, 6.45) is -1.17. The molecule has 0 saturated carbocycles. The Labute approximate surface area is 113 Å². The molecule has 0 heterocycles. The Hall–Kier alpha value is -2.22. The summed E-state index contributed by atoms with van der Waals surface area (Å²) < 4.78 is 30.7. The highest BCUT2D eigenvalue weighted by Gasteiger charge is 2.17. The van der Waals surface area contributed by atoms with Gasteiger partial charge in [-0.2, -0.15) is 0 Å². The normalized spacial score (nSPS) is 11.8. The van der Waals surface area contributed by atoms with Crippen LogP contribution in [0.15, 0.2) is 18.2 Å². The number of hydrogen-bond donors (Lipinski definition) is 3. The average molecular weight is 288 g/mol. The van der Waals surface area contributed by atoms with Crippen molar-refractivity contribution in [1.82, 2.24) is 10.6 Å². The van der Waals surface area contributed by atoms with Crippen molar-refractivity contribution in [2.24, 2.45) is 0 Å². The third-order valence-corrected chi connectivity index (χ3v) is 2.46. The minimum Gasteiger partial charge on any atom is -0.479 e. The fraction of sp³-hybridized carbons (Fsp3) is 0.333. The predicted molar refractivity (Wildman–Crippen MR) is 65.0 cm³/mol. The Balaban J connectivity index is 2.43. The Morgan fingerprint density at radius 2 is 2.05 bits per heavy atom. The molecule has 3 N–H and O–H groups in total. The quantitative estimate of drug-likeness (QED) is 0.724. The van der Waals surface area contributed by atoms with E-state index in [0.717, 1.165) is 18.2 Å². The lowest BCUT2D eigenvalue weighted by molar-refractivity contribution is -0.147. The summed E-state index contributed by atoms with van der Waals surface area (Å²) in [5.41, 5.74) is -0.0123. The van der Waals surface area contributed by atoms with Gasteiger partial charge < -0.3 is 20.5 Å². The number of rotatable bonds is 6. The lowest BCUT2D eigenvalue weighted by Crippen LogP contribution is -2.42. The summed E-state index contributed by atoms with van der Waals surface area (Å²) >= 11 is 0. The molecule has 0 aromatic heterocycles. The van der Waals surface area contributed by atoms with Gasteiger partial charge in [0.1, 0.15) is 11.6 Å². The van der Waals surface area contributed by atoms with Crippen LogP contribution in [0.5, 0.6) is 0 Å². The lowest BCUT2D eigenvalue weighted by Gasteiger charge is -2.12. The van der Waals surface area contributed by atoms with Crippen molar-refractivity contribution in [3.63, 3.8) is 0 Å². The maximum atomic E-state index is 13.3. The number of nitrogens with one attached hydrogen (secondary N) is 2. The molecule has 1 aromatic carbocycles. The van der Waals surface area contributed by atoms with Gasteiger partial charge in [-0.3, -0.25) is 0 Å². The first-order chi connectivity index (χ1) is 9.43. The first-order valence-corrected chi connectivity index (χ1v) is 5.65. The number of hydrogen-bond acceptors (Lipinski definition) is 3. The second-order valence-corrected chi connectivity index (χ2v) is 3.86. The summed E-state index contributed by atoms with van der Waals surface area (Å²) in [6, 6.07) is 2.17. The summed E-state index contributed by atoms with van der Waals surface area (Å²) in [5, 5.41) is 13.2. The molecule has 0 aliphatic carbocycles. The molecule has 0 fully saturated rings. The third-order valence-electron chi connectivity index (χ3n) is 2.46. The van der Waals surface area contributed by atoms with Gasteiger partial charge in [0.2, 0.25) is 0 Å². The van der Waals surface area contributed by atoms with E-state index in [1.807, 2.05) is 0 Å². The molecule has 6 nitrogen and oxygen atoms in total. The summed E-state index contributed by atoms with van der Waals surface area (Å²) in [6.45, 7) is -0.469. The molecule has 0 bridgehead atoms. The minimum absolute atomic E-state index is 0.0123. The van der Waals surface area contributed by atoms with Gasteiger partial charge in [-0.15, -0.1) is 0 Å². The molecular formula is C12H14F2N2O4. The maximum absolute atomic E-state index is 13.3. The first-order valence-electron chi connectivity index (χ1n) is 5.65. The van der Waals surface area contributed by atoms with Crippen molar-refractivity contribution in [2.75, 3.05) is 13.7 Å². The number of carboxylic acid groups (broad SMARTS) is 1. The molecule has 2 amide bonds. The zero-order valence-corrected chi connectivity index (χ0v) is 10.7. The summed E-state index contributed by atoms with van der Waals surface area (Å²) in [4.78, 5) is 22.0. The molecule has 1 rings (SSSR count). The molecule has 1 aromatic rings. The van der Waals surface area contributed by atoms with E-state index < -0.39 is 29.7 Å². The Bertz CT molecular complexity index is 496. The lowest BCUT2D eigenvalue weighted by atomic mass is 10.2. The van der Waals surface area contributed by atoms with E-state index in [0.29, 0.717) is 0 Å². The second kappa shape index (κ2) is 7.39. The van der Waals surface area contributed by atoms with E-state index in [9.17, 15) is 18.4 Å². The highest BCUT2D eigenvalue weighted by Crippen LogP contribution is 2.08. The highest BCUT2D eigenvalue weighted by atomic mass is 19.1. The average Bonchev–Trinajstić information content (AvgIpc) is 2.40. The van der Waals surface area contributed by atoms with Crippen LogP contribution in [0, 0.1) is 11.6 Å². The molecule has 1 atom stereocenters. The Morgan fingerprint density at radius 3 is 2.65 bits per heavy atom. The van der Waals surface area contributed by atoms with Crippen LogP contribution in [-0.2, 0) is 16.1 Å². The molecule has 0 radical (unpaired) electrons. The largest absolute Gasteiger partial charge is 0.479 e.